The summed E-state index contributed by atoms with van der Waals surface area (Å²) in [5.74, 6) is -0.921. The van der Waals surface area contributed by atoms with Crippen LogP contribution < -0.4 is 17.2 Å². The minimum Gasteiger partial charge on any atom is -0.477 e. The van der Waals surface area contributed by atoms with E-state index < -0.39 is 5.97 Å². The third-order valence-corrected chi connectivity index (χ3v) is 0.828. The van der Waals surface area contributed by atoms with E-state index in [0.29, 0.717) is 0 Å². The van der Waals surface area contributed by atoms with E-state index in [-0.39, 0.29) is 5.69 Å². The van der Waals surface area contributed by atoms with Crippen LogP contribution in [0.25, 0.3) is 0 Å². The molecule has 0 radical (unpaired) electrons. The number of carboxylic acid groups (broad SMARTS) is 1. The first kappa shape index (κ1) is 18.4. The minimum atomic E-state index is -0.921. The maximum Gasteiger partial charge on any atom is 0.352 e. The second-order valence-electron chi connectivity index (χ2n) is 1.39. The van der Waals surface area contributed by atoms with Crippen LogP contribution in [0.4, 0.5) is 0 Å². The zero-order valence-electron chi connectivity index (χ0n) is 8.82. The van der Waals surface area contributed by atoms with Crippen LogP contribution in [-0.4, -0.2) is 37.2 Å². The summed E-state index contributed by atoms with van der Waals surface area (Å²) in [7, 11) is 4.50. The summed E-state index contributed by atoms with van der Waals surface area (Å²) in [5, 5.41) is 8.24. The number of aromatic nitrogens is 1. The number of carboxylic acids is 1. The van der Waals surface area contributed by atoms with Crippen LogP contribution in [0.5, 0.6) is 0 Å². The third kappa shape index (κ3) is 10.6. The molecule has 0 aliphatic heterocycles. The van der Waals surface area contributed by atoms with Crippen molar-refractivity contribution < 1.29 is 9.90 Å². The van der Waals surface area contributed by atoms with Gasteiger partial charge in [-0.3, -0.25) is 0 Å². The van der Waals surface area contributed by atoms with E-state index in [4.69, 9.17) is 5.11 Å². The van der Waals surface area contributed by atoms with Gasteiger partial charge in [0.1, 0.15) is 5.69 Å². The highest BCUT2D eigenvalue weighted by Gasteiger charge is 1.98. The number of aromatic amines is 1. The van der Waals surface area contributed by atoms with Crippen LogP contribution in [0.3, 0.4) is 0 Å². The Morgan fingerprint density at radius 1 is 1.21 bits per heavy atom. The van der Waals surface area contributed by atoms with Crippen molar-refractivity contribution in [1.82, 2.24) is 4.98 Å². The Kier molecular flexibility index (Phi) is 23.2. The van der Waals surface area contributed by atoms with E-state index in [9.17, 15) is 4.79 Å². The molecule has 6 heteroatoms. The van der Waals surface area contributed by atoms with Gasteiger partial charge < -0.3 is 27.3 Å². The van der Waals surface area contributed by atoms with Crippen molar-refractivity contribution in [2.75, 3.05) is 21.1 Å². The topological polar surface area (TPSA) is 131 Å². The highest BCUT2D eigenvalue weighted by molar-refractivity contribution is 5.85. The number of aromatic carboxylic acids is 1. The summed E-state index contributed by atoms with van der Waals surface area (Å²) in [6.07, 6.45) is 1.57. The fourth-order valence-electron chi connectivity index (χ4n) is 0.463. The predicted octanol–water partition coefficient (Wildman–Crippen LogP) is -0.562. The molecule has 1 rings (SSSR count). The van der Waals surface area contributed by atoms with Gasteiger partial charge in [-0.1, -0.05) is 0 Å². The summed E-state index contributed by atoms with van der Waals surface area (Å²) in [5.41, 5.74) is 13.7. The first-order chi connectivity index (χ1) is 6.80. The molecule has 1 heterocycles. The molecule has 0 aromatic carbocycles. The van der Waals surface area contributed by atoms with Crippen LogP contribution in [-0.2, 0) is 0 Å². The highest BCUT2D eigenvalue weighted by atomic mass is 16.4. The molecular formula is C8H20N4O2. The normalized spacial score (nSPS) is 6.43. The molecule has 0 aliphatic carbocycles. The molecule has 1 aromatic heterocycles. The first-order valence-electron chi connectivity index (χ1n) is 3.90. The van der Waals surface area contributed by atoms with Gasteiger partial charge in [0.15, 0.2) is 0 Å². The van der Waals surface area contributed by atoms with E-state index in [1.807, 2.05) is 0 Å². The number of hydrogen-bond donors (Lipinski definition) is 5. The smallest absolute Gasteiger partial charge is 0.352 e. The van der Waals surface area contributed by atoms with Crippen molar-refractivity contribution in [2.24, 2.45) is 17.2 Å². The van der Waals surface area contributed by atoms with Crippen molar-refractivity contribution in [2.45, 2.75) is 0 Å². The number of rotatable bonds is 1. The maximum atomic E-state index is 10.0. The molecule has 84 valence electrons. The number of H-pyrrole nitrogens is 1. The van der Waals surface area contributed by atoms with Gasteiger partial charge in [0, 0.05) is 6.20 Å². The molecule has 8 N–H and O–H groups in total. The second kappa shape index (κ2) is 17.6. The first-order valence-corrected chi connectivity index (χ1v) is 3.90. The van der Waals surface area contributed by atoms with E-state index in [1.54, 1.807) is 12.3 Å². The van der Waals surface area contributed by atoms with Crippen LogP contribution in [0.2, 0.25) is 0 Å². The zero-order chi connectivity index (χ0) is 12.0. The lowest BCUT2D eigenvalue weighted by molar-refractivity contribution is 0.0691. The fourth-order valence-corrected chi connectivity index (χ4v) is 0.463. The van der Waals surface area contributed by atoms with Gasteiger partial charge in [-0.15, -0.1) is 0 Å². The lowest BCUT2D eigenvalue weighted by atomic mass is 10.4. The molecule has 6 nitrogen and oxygen atoms in total. The number of nitrogens with one attached hydrogen (secondary N) is 1. The fraction of sp³-hybridized carbons (Fsp3) is 0.375. The van der Waals surface area contributed by atoms with Gasteiger partial charge in [0.25, 0.3) is 0 Å². The Hall–Kier alpha value is -1.37. The molecule has 14 heavy (non-hydrogen) atoms. The van der Waals surface area contributed by atoms with E-state index in [2.05, 4.69) is 22.2 Å². The van der Waals surface area contributed by atoms with Crippen molar-refractivity contribution in [3.05, 3.63) is 24.0 Å². The van der Waals surface area contributed by atoms with Crippen LogP contribution in [0.15, 0.2) is 18.3 Å². The van der Waals surface area contributed by atoms with Gasteiger partial charge >= 0.3 is 5.97 Å². The molecule has 0 fully saturated rings. The average Bonchev–Trinajstić information content (AvgIpc) is 2.80. The molecule has 0 saturated carbocycles. The Morgan fingerprint density at radius 2 is 1.64 bits per heavy atom. The van der Waals surface area contributed by atoms with Gasteiger partial charge in [0.2, 0.25) is 0 Å². The van der Waals surface area contributed by atoms with Gasteiger partial charge in [-0.05, 0) is 33.3 Å². The Morgan fingerprint density at radius 3 is 1.79 bits per heavy atom. The predicted molar refractivity (Wildman–Crippen MR) is 58.1 cm³/mol. The summed E-state index contributed by atoms with van der Waals surface area (Å²) < 4.78 is 0. The van der Waals surface area contributed by atoms with Crippen molar-refractivity contribution in [3.63, 3.8) is 0 Å². The summed E-state index contributed by atoms with van der Waals surface area (Å²) in [4.78, 5) is 12.6. The Labute approximate surface area is 84.1 Å². The molecule has 1 aromatic rings. The van der Waals surface area contributed by atoms with Crippen LogP contribution in [0, 0.1) is 0 Å². The van der Waals surface area contributed by atoms with Crippen molar-refractivity contribution in [1.29, 1.82) is 0 Å². The monoisotopic (exact) mass is 204 g/mol. The van der Waals surface area contributed by atoms with Crippen molar-refractivity contribution in [3.8, 4) is 0 Å². The van der Waals surface area contributed by atoms with E-state index in [1.165, 1.54) is 27.2 Å². The largest absolute Gasteiger partial charge is 0.477 e. The summed E-state index contributed by atoms with van der Waals surface area (Å²) in [6, 6.07) is 3.14. The lowest BCUT2D eigenvalue weighted by Gasteiger charge is -1.80. The second-order valence-corrected chi connectivity index (χ2v) is 1.39. The summed E-state index contributed by atoms with van der Waals surface area (Å²) >= 11 is 0. The van der Waals surface area contributed by atoms with Crippen LogP contribution in [0.1, 0.15) is 10.5 Å². The maximum absolute atomic E-state index is 10.0. The quantitative estimate of drug-likeness (QED) is 0.418. The number of nitrogens with two attached hydrogens (primary N) is 3. The third-order valence-electron chi connectivity index (χ3n) is 0.828. The van der Waals surface area contributed by atoms with Crippen molar-refractivity contribution >= 4 is 5.97 Å². The van der Waals surface area contributed by atoms with Gasteiger partial charge in [-0.25, -0.2) is 4.79 Å². The number of hydrogen-bond acceptors (Lipinski definition) is 4. The average molecular weight is 204 g/mol. The van der Waals surface area contributed by atoms with E-state index in [0.717, 1.165) is 0 Å². The molecule has 0 bridgehead atoms. The van der Waals surface area contributed by atoms with Crippen LogP contribution >= 0.6 is 0 Å². The molecule has 0 aliphatic rings. The number of carbonyl (C=O) groups is 1. The molecular weight excluding hydrogens is 184 g/mol. The standard InChI is InChI=1S/C5H5NO2.3CH5N/c7-5(8)4-2-1-3-6-4;3*1-2/h1-3,6H,(H,7,8);3*2H2,1H3. The Balaban J connectivity index is -0.000000174. The molecule has 0 spiro atoms. The Bertz CT molecular complexity index is 187. The molecule has 0 atom stereocenters. The SMILES string of the molecule is CN.CN.CN.O=C(O)c1ccc[nH]1. The lowest BCUT2D eigenvalue weighted by Crippen LogP contribution is -1.94. The highest BCUT2D eigenvalue weighted by Crippen LogP contribution is 1.91. The van der Waals surface area contributed by atoms with Gasteiger partial charge in [0.05, 0.1) is 0 Å². The minimum absolute atomic E-state index is 0.227. The summed E-state index contributed by atoms with van der Waals surface area (Å²) in [6.45, 7) is 0. The molecule has 0 saturated heterocycles. The van der Waals surface area contributed by atoms with Gasteiger partial charge in [-0.2, -0.15) is 0 Å². The zero-order valence-corrected chi connectivity index (χ0v) is 8.82. The van der Waals surface area contributed by atoms with E-state index >= 15 is 0 Å². The molecule has 0 unspecified atom stereocenters. The molecule has 0 amide bonds.